The number of aromatic nitrogens is 2. The molecule has 0 radical (unpaired) electrons. The molecule has 5 nitrogen and oxygen atoms in total. The molecule has 1 heterocycles. The summed E-state index contributed by atoms with van der Waals surface area (Å²) in [4.78, 5) is 12.1. The fraction of sp³-hybridized carbons (Fsp3) is 0.412. The van der Waals surface area contributed by atoms with Crippen molar-refractivity contribution in [2.24, 2.45) is 0 Å². The number of hydrogen-bond donors (Lipinski definition) is 2. The Balaban J connectivity index is 0.00000288. The van der Waals surface area contributed by atoms with Crippen LogP contribution in [0.3, 0.4) is 0 Å². The molecule has 0 unspecified atom stereocenters. The highest BCUT2D eigenvalue weighted by atomic mass is 35.5. The van der Waals surface area contributed by atoms with Gasteiger partial charge in [0.2, 0.25) is 5.91 Å². The standard InChI is InChI=1S/C17H23ClN4O.ClH/c1-12-16(11-17(23)20-10-4-9-19-3)13(2)22(21-12)15-7-5-14(18)6-8-15;/h5-8,19H,4,9-11H2,1-3H3,(H,20,23);1H. The number of aryl methyl sites for hydroxylation is 1. The van der Waals surface area contributed by atoms with Crippen molar-refractivity contribution in [3.8, 4) is 5.69 Å². The number of nitrogens with zero attached hydrogens (tertiary/aromatic N) is 2. The third-order valence-corrected chi connectivity index (χ3v) is 4.03. The van der Waals surface area contributed by atoms with Crippen molar-refractivity contribution >= 4 is 29.9 Å². The van der Waals surface area contributed by atoms with Crippen LogP contribution in [0.15, 0.2) is 24.3 Å². The normalized spacial score (nSPS) is 10.3. The van der Waals surface area contributed by atoms with Gasteiger partial charge in [0.1, 0.15) is 0 Å². The minimum Gasteiger partial charge on any atom is -0.356 e. The molecule has 0 saturated heterocycles. The van der Waals surface area contributed by atoms with Gasteiger partial charge in [0, 0.05) is 22.8 Å². The Morgan fingerprint density at radius 1 is 1.21 bits per heavy atom. The van der Waals surface area contributed by atoms with Crippen molar-refractivity contribution in [1.82, 2.24) is 20.4 Å². The van der Waals surface area contributed by atoms with Gasteiger partial charge in [-0.25, -0.2) is 4.68 Å². The fourth-order valence-electron chi connectivity index (χ4n) is 2.48. The predicted molar refractivity (Wildman–Crippen MR) is 101 cm³/mol. The van der Waals surface area contributed by atoms with Gasteiger partial charge in [-0.2, -0.15) is 5.10 Å². The highest BCUT2D eigenvalue weighted by Crippen LogP contribution is 2.20. The number of halogens is 2. The maximum Gasteiger partial charge on any atom is 0.224 e. The minimum absolute atomic E-state index is 0. The molecule has 1 aromatic heterocycles. The lowest BCUT2D eigenvalue weighted by Gasteiger charge is -2.07. The summed E-state index contributed by atoms with van der Waals surface area (Å²) in [6, 6.07) is 7.51. The van der Waals surface area contributed by atoms with Crippen LogP contribution in [0.2, 0.25) is 5.02 Å². The first kappa shape index (κ1) is 20.5. The van der Waals surface area contributed by atoms with E-state index < -0.39 is 0 Å². The van der Waals surface area contributed by atoms with Crippen LogP contribution in [0.25, 0.3) is 5.69 Å². The van der Waals surface area contributed by atoms with E-state index in [0.29, 0.717) is 18.0 Å². The fourth-order valence-corrected chi connectivity index (χ4v) is 2.61. The van der Waals surface area contributed by atoms with Crippen molar-refractivity contribution < 1.29 is 4.79 Å². The van der Waals surface area contributed by atoms with Gasteiger partial charge in [0.05, 0.1) is 17.8 Å². The third-order valence-electron chi connectivity index (χ3n) is 3.78. The van der Waals surface area contributed by atoms with Gasteiger partial charge < -0.3 is 10.6 Å². The average Bonchev–Trinajstić information content (AvgIpc) is 2.80. The number of carbonyl (C=O) groups excluding carboxylic acids is 1. The van der Waals surface area contributed by atoms with Gasteiger partial charge in [0.15, 0.2) is 0 Å². The summed E-state index contributed by atoms with van der Waals surface area (Å²) in [5, 5.41) is 11.3. The number of nitrogens with one attached hydrogen (secondary N) is 2. The van der Waals surface area contributed by atoms with Crippen LogP contribution in [0.1, 0.15) is 23.4 Å². The van der Waals surface area contributed by atoms with Crippen LogP contribution in [0, 0.1) is 13.8 Å². The molecule has 2 rings (SSSR count). The smallest absolute Gasteiger partial charge is 0.224 e. The first-order valence-electron chi connectivity index (χ1n) is 7.75. The molecular formula is C17H24Cl2N4O. The van der Waals surface area contributed by atoms with Crippen molar-refractivity contribution in [3.63, 3.8) is 0 Å². The average molecular weight is 371 g/mol. The molecule has 0 spiro atoms. The first-order chi connectivity index (χ1) is 11.0. The molecule has 24 heavy (non-hydrogen) atoms. The molecule has 1 amide bonds. The first-order valence-corrected chi connectivity index (χ1v) is 8.13. The summed E-state index contributed by atoms with van der Waals surface area (Å²) in [5.41, 5.74) is 3.78. The Labute approximate surface area is 154 Å². The van der Waals surface area contributed by atoms with Crippen LogP contribution in [0.4, 0.5) is 0 Å². The summed E-state index contributed by atoms with van der Waals surface area (Å²) in [6.07, 6.45) is 1.27. The zero-order chi connectivity index (χ0) is 16.8. The van der Waals surface area contributed by atoms with E-state index in [1.165, 1.54) is 0 Å². The van der Waals surface area contributed by atoms with Crippen LogP contribution >= 0.6 is 24.0 Å². The molecule has 0 fully saturated rings. The van der Waals surface area contributed by atoms with Crippen LogP contribution < -0.4 is 10.6 Å². The quantitative estimate of drug-likeness (QED) is 0.736. The molecule has 2 N–H and O–H groups in total. The maximum absolute atomic E-state index is 12.1. The number of amides is 1. The van der Waals surface area contributed by atoms with Crippen molar-refractivity contribution in [2.45, 2.75) is 26.7 Å². The molecule has 2 aromatic rings. The minimum atomic E-state index is 0. The zero-order valence-corrected chi connectivity index (χ0v) is 15.8. The molecular weight excluding hydrogens is 347 g/mol. The lowest BCUT2D eigenvalue weighted by atomic mass is 10.1. The second kappa shape index (κ2) is 9.67. The Kier molecular flexibility index (Phi) is 8.25. The SMILES string of the molecule is CNCCCNC(=O)Cc1c(C)nn(-c2ccc(Cl)cc2)c1C.Cl. The van der Waals surface area contributed by atoms with Gasteiger partial charge in [0.25, 0.3) is 0 Å². The predicted octanol–water partition coefficient (Wildman–Crippen LogP) is 2.83. The van der Waals surface area contributed by atoms with Gasteiger partial charge in [-0.3, -0.25) is 4.79 Å². The van der Waals surface area contributed by atoms with E-state index >= 15 is 0 Å². The molecule has 0 atom stereocenters. The Hall–Kier alpha value is -1.56. The summed E-state index contributed by atoms with van der Waals surface area (Å²) < 4.78 is 1.86. The Bertz CT molecular complexity index is 668. The van der Waals surface area contributed by atoms with Crippen molar-refractivity contribution in [2.75, 3.05) is 20.1 Å². The highest BCUT2D eigenvalue weighted by Gasteiger charge is 2.15. The molecule has 0 aliphatic carbocycles. The summed E-state index contributed by atoms with van der Waals surface area (Å²) >= 11 is 5.93. The Morgan fingerprint density at radius 2 is 1.88 bits per heavy atom. The molecule has 0 aliphatic rings. The van der Waals surface area contributed by atoms with Crippen LogP contribution in [-0.2, 0) is 11.2 Å². The van der Waals surface area contributed by atoms with Gasteiger partial charge in [-0.15, -0.1) is 12.4 Å². The van der Waals surface area contributed by atoms with E-state index in [4.69, 9.17) is 11.6 Å². The van der Waals surface area contributed by atoms with E-state index in [1.54, 1.807) is 0 Å². The van der Waals surface area contributed by atoms with Crippen molar-refractivity contribution in [3.05, 3.63) is 46.2 Å². The second-order valence-electron chi connectivity index (χ2n) is 5.52. The topological polar surface area (TPSA) is 58.9 Å². The van der Waals surface area contributed by atoms with Gasteiger partial charge in [-0.05, 0) is 58.1 Å². The lowest BCUT2D eigenvalue weighted by molar-refractivity contribution is -0.120. The van der Waals surface area contributed by atoms with E-state index in [1.807, 2.05) is 49.8 Å². The molecule has 0 saturated carbocycles. The van der Waals surface area contributed by atoms with Gasteiger partial charge in [-0.1, -0.05) is 11.6 Å². The summed E-state index contributed by atoms with van der Waals surface area (Å²) in [7, 11) is 1.90. The van der Waals surface area contributed by atoms with E-state index in [2.05, 4.69) is 15.7 Å². The number of benzene rings is 1. The zero-order valence-electron chi connectivity index (χ0n) is 14.2. The van der Waals surface area contributed by atoms with Crippen LogP contribution in [-0.4, -0.2) is 35.8 Å². The van der Waals surface area contributed by atoms with Crippen molar-refractivity contribution in [1.29, 1.82) is 0 Å². The van der Waals surface area contributed by atoms with Gasteiger partial charge >= 0.3 is 0 Å². The molecule has 0 bridgehead atoms. The van der Waals surface area contributed by atoms with E-state index in [-0.39, 0.29) is 18.3 Å². The summed E-state index contributed by atoms with van der Waals surface area (Å²) in [5.74, 6) is 0.0305. The number of rotatable bonds is 7. The lowest BCUT2D eigenvalue weighted by Crippen LogP contribution is -2.28. The molecule has 1 aromatic carbocycles. The second-order valence-corrected chi connectivity index (χ2v) is 5.96. The number of carbonyl (C=O) groups is 1. The third kappa shape index (κ3) is 5.23. The van der Waals surface area contributed by atoms with E-state index in [9.17, 15) is 4.79 Å². The highest BCUT2D eigenvalue weighted by molar-refractivity contribution is 6.30. The summed E-state index contributed by atoms with van der Waals surface area (Å²) in [6.45, 7) is 5.50. The maximum atomic E-state index is 12.1. The molecule has 0 aliphatic heterocycles. The van der Waals surface area contributed by atoms with E-state index in [0.717, 1.165) is 35.6 Å². The molecule has 132 valence electrons. The molecule has 7 heteroatoms. The monoisotopic (exact) mass is 370 g/mol. The number of hydrogen-bond acceptors (Lipinski definition) is 3. The van der Waals surface area contributed by atoms with Crippen LogP contribution in [0.5, 0.6) is 0 Å². The Morgan fingerprint density at radius 3 is 2.50 bits per heavy atom. The largest absolute Gasteiger partial charge is 0.356 e.